The first-order chi connectivity index (χ1) is 8.75. The van der Waals surface area contributed by atoms with Crippen molar-refractivity contribution >= 4 is 11.4 Å². The van der Waals surface area contributed by atoms with Crippen LogP contribution in [0.15, 0.2) is 48.5 Å². The zero-order valence-corrected chi connectivity index (χ0v) is 10.6. The van der Waals surface area contributed by atoms with Crippen LogP contribution in [0.1, 0.15) is 24.1 Å². The Kier molecular flexibility index (Phi) is 2.71. The number of fused-ring (bicyclic) bond motifs is 1. The van der Waals surface area contributed by atoms with Crippen LogP contribution in [0.3, 0.4) is 0 Å². The van der Waals surface area contributed by atoms with E-state index in [2.05, 4.69) is 48.2 Å². The van der Waals surface area contributed by atoms with Gasteiger partial charge in [0.1, 0.15) is 0 Å². The van der Waals surface area contributed by atoms with Gasteiger partial charge in [-0.1, -0.05) is 30.3 Å². The van der Waals surface area contributed by atoms with Crippen LogP contribution in [0.5, 0.6) is 0 Å². The first-order valence-electron chi connectivity index (χ1n) is 6.46. The summed E-state index contributed by atoms with van der Waals surface area (Å²) in [5, 5.41) is 0. The van der Waals surface area contributed by atoms with Gasteiger partial charge in [0.05, 0.1) is 6.04 Å². The Labute approximate surface area is 108 Å². The van der Waals surface area contributed by atoms with Crippen LogP contribution in [-0.2, 0) is 6.42 Å². The molecule has 0 radical (unpaired) electrons. The lowest BCUT2D eigenvalue weighted by molar-refractivity contribution is 0.697. The van der Waals surface area contributed by atoms with Gasteiger partial charge in [0.2, 0.25) is 0 Å². The smallest absolute Gasteiger partial charge is 0.0515 e. The molecule has 2 aromatic carbocycles. The van der Waals surface area contributed by atoms with Crippen LogP contribution in [0.2, 0.25) is 0 Å². The lowest BCUT2D eigenvalue weighted by Gasteiger charge is -2.28. The zero-order chi connectivity index (χ0) is 12.5. The van der Waals surface area contributed by atoms with Crippen molar-refractivity contribution in [2.45, 2.75) is 19.4 Å². The van der Waals surface area contributed by atoms with Crippen LogP contribution >= 0.6 is 0 Å². The predicted octanol–water partition coefficient (Wildman–Crippen LogP) is 3.39. The van der Waals surface area contributed by atoms with Crippen LogP contribution in [0, 0.1) is 0 Å². The molecule has 0 bridgehead atoms. The molecule has 0 saturated heterocycles. The molecule has 92 valence electrons. The summed E-state index contributed by atoms with van der Waals surface area (Å²) in [6.45, 7) is 3.34. The Morgan fingerprint density at radius 1 is 1.11 bits per heavy atom. The molecule has 1 atom stereocenters. The number of nitrogens with two attached hydrogens (primary N) is 1. The molecular formula is C16H18N2. The maximum atomic E-state index is 5.87. The highest BCUT2D eigenvalue weighted by Crippen LogP contribution is 2.34. The fourth-order valence-corrected chi connectivity index (χ4v) is 2.76. The fourth-order valence-electron chi connectivity index (χ4n) is 2.76. The van der Waals surface area contributed by atoms with Gasteiger partial charge in [-0.15, -0.1) is 0 Å². The Bertz CT molecular complexity index is 563. The first kappa shape index (κ1) is 11.1. The van der Waals surface area contributed by atoms with Gasteiger partial charge in [-0.2, -0.15) is 0 Å². The minimum Gasteiger partial charge on any atom is -0.399 e. The van der Waals surface area contributed by atoms with E-state index in [1.165, 1.54) is 16.8 Å². The van der Waals surface area contributed by atoms with E-state index in [0.29, 0.717) is 6.04 Å². The van der Waals surface area contributed by atoms with Crippen molar-refractivity contribution in [2.75, 3.05) is 17.2 Å². The van der Waals surface area contributed by atoms with Crippen LogP contribution in [0.25, 0.3) is 0 Å². The second-order valence-electron chi connectivity index (χ2n) is 4.92. The van der Waals surface area contributed by atoms with Crippen molar-refractivity contribution in [3.05, 3.63) is 59.7 Å². The highest BCUT2D eigenvalue weighted by atomic mass is 15.2. The number of hydrogen-bond acceptors (Lipinski definition) is 2. The summed E-state index contributed by atoms with van der Waals surface area (Å²) < 4.78 is 0. The standard InChI is InChI=1S/C16H18N2/c1-12(14-6-4-7-15(17)11-14)18-10-9-13-5-2-3-8-16(13)18/h2-8,11-12H,9-10,17H2,1H3. The third kappa shape index (κ3) is 1.84. The van der Waals surface area contributed by atoms with Gasteiger partial charge in [0.25, 0.3) is 0 Å². The molecule has 2 nitrogen and oxygen atoms in total. The van der Waals surface area contributed by atoms with Crippen molar-refractivity contribution in [3.8, 4) is 0 Å². The summed E-state index contributed by atoms with van der Waals surface area (Å²) >= 11 is 0. The van der Waals surface area contributed by atoms with Gasteiger partial charge in [-0.3, -0.25) is 0 Å². The molecule has 1 heterocycles. The molecule has 1 unspecified atom stereocenters. The van der Waals surface area contributed by atoms with E-state index in [1.807, 2.05) is 12.1 Å². The molecule has 2 heteroatoms. The Morgan fingerprint density at radius 3 is 2.78 bits per heavy atom. The van der Waals surface area contributed by atoms with Crippen LogP contribution in [-0.4, -0.2) is 6.54 Å². The van der Waals surface area contributed by atoms with Crippen molar-refractivity contribution in [3.63, 3.8) is 0 Å². The lowest BCUT2D eigenvalue weighted by Crippen LogP contribution is -2.24. The predicted molar refractivity (Wildman–Crippen MR) is 76.8 cm³/mol. The summed E-state index contributed by atoms with van der Waals surface area (Å²) in [6.07, 6.45) is 1.14. The van der Waals surface area contributed by atoms with E-state index < -0.39 is 0 Å². The van der Waals surface area contributed by atoms with E-state index in [0.717, 1.165) is 18.7 Å². The normalized spacial score (nSPS) is 15.5. The largest absolute Gasteiger partial charge is 0.399 e. The lowest BCUT2D eigenvalue weighted by atomic mass is 10.1. The van der Waals surface area contributed by atoms with Crippen molar-refractivity contribution < 1.29 is 0 Å². The summed E-state index contributed by atoms with van der Waals surface area (Å²) in [7, 11) is 0. The molecule has 0 spiro atoms. The first-order valence-corrected chi connectivity index (χ1v) is 6.46. The van der Waals surface area contributed by atoms with Crippen molar-refractivity contribution in [1.82, 2.24) is 0 Å². The van der Waals surface area contributed by atoms with E-state index >= 15 is 0 Å². The van der Waals surface area contributed by atoms with E-state index in [9.17, 15) is 0 Å². The van der Waals surface area contributed by atoms with Gasteiger partial charge in [0, 0.05) is 17.9 Å². The quantitative estimate of drug-likeness (QED) is 0.813. The highest BCUT2D eigenvalue weighted by Gasteiger charge is 2.23. The summed E-state index contributed by atoms with van der Waals surface area (Å²) in [6, 6.07) is 17.2. The third-order valence-electron chi connectivity index (χ3n) is 3.78. The average Bonchev–Trinajstić information content (AvgIpc) is 2.82. The monoisotopic (exact) mass is 238 g/mol. The number of rotatable bonds is 2. The molecule has 3 rings (SSSR count). The Balaban J connectivity index is 1.93. The van der Waals surface area contributed by atoms with Crippen LogP contribution < -0.4 is 10.6 Å². The maximum absolute atomic E-state index is 5.87. The van der Waals surface area contributed by atoms with Gasteiger partial charge >= 0.3 is 0 Å². The highest BCUT2D eigenvalue weighted by molar-refractivity contribution is 5.59. The Morgan fingerprint density at radius 2 is 1.94 bits per heavy atom. The zero-order valence-electron chi connectivity index (χ0n) is 10.6. The fraction of sp³-hybridized carbons (Fsp3) is 0.250. The summed E-state index contributed by atoms with van der Waals surface area (Å²) in [5.74, 6) is 0. The summed E-state index contributed by atoms with van der Waals surface area (Å²) in [5.41, 5.74) is 10.8. The molecule has 0 fully saturated rings. The van der Waals surface area contributed by atoms with E-state index in [4.69, 9.17) is 5.73 Å². The SMILES string of the molecule is CC(c1cccc(N)c1)N1CCc2ccccc21. The minimum absolute atomic E-state index is 0.372. The van der Waals surface area contributed by atoms with Gasteiger partial charge < -0.3 is 10.6 Å². The van der Waals surface area contributed by atoms with Gasteiger partial charge in [0.15, 0.2) is 0 Å². The minimum atomic E-state index is 0.372. The molecule has 0 saturated carbocycles. The topological polar surface area (TPSA) is 29.3 Å². The molecule has 2 N–H and O–H groups in total. The molecule has 1 aliphatic heterocycles. The second kappa shape index (κ2) is 4.37. The molecule has 18 heavy (non-hydrogen) atoms. The number of hydrogen-bond donors (Lipinski definition) is 1. The number of nitrogen functional groups attached to an aromatic ring is 1. The van der Waals surface area contributed by atoms with Crippen LogP contribution in [0.4, 0.5) is 11.4 Å². The number of benzene rings is 2. The third-order valence-corrected chi connectivity index (χ3v) is 3.78. The van der Waals surface area contributed by atoms with Gasteiger partial charge in [-0.05, 0) is 42.7 Å². The summed E-state index contributed by atoms with van der Waals surface area (Å²) in [4.78, 5) is 2.46. The number of para-hydroxylation sites is 1. The average molecular weight is 238 g/mol. The molecular weight excluding hydrogens is 220 g/mol. The number of anilines is 2. The second-order valence-corrected chi connectivity index (χ2v) is 4.92. The van der Waals surface area contributed by atoms with E-state index in [1.54, 1.807) is 0 Å². The molecule has 0 aliphatic carbocycles. The Hall–Kier alpha value is -1.96. The maximum Gasteiger partial charge on any atom is 0.0515 e. The van der Waals surface area contributed by atoms with Gasteiger partial charge in [-0.25, -0.2) is 0 Å². The number of nitrogens with zero attached hydrogens (tertiary/aromatic N) is 1. The van der Waals surface area contributed by atoms with Crippen molar-refractivity contribution in [2.24, 2.45) is 0 Å². The van der Waals surface area contributed by atoms with Crippen molar-refractivity contribution in [1.29, 1.82) is 0 Å². The molecule has 2 aromatic rings. The molecule has 0 amide bonds. The molecule has 0 aromatic heterocycles. The van der Waals surface area contributed by atoms with E-state index in [-0.39, 0.29) is 0 Å². The molecule has 1 aliphatic rings.